The van der Waals surface area contributed by atoms with E-state index in [0.29, 0.717) is 10.0 Å². The summed E-state index contributed by atoms with van der Waals surface area (Å²) in [4.78, 5) is 4.57. The monoisotopic (exact) mass is 386 g/mol. The van der Waals surface area contributed by atoms with Crippen molar-refractivity contribution in [2.45, 2.75) is 13.8 Å². The van der Waals surface area contributed by atoms with Gasteiger partial charge in [-0.2, -0.15) is 0 Å². The highest BCUT2D eigenvalue weighted by atomic mass is 35.5. The van der Waals surface area contributed by atoms with Crippen LogP contribution in [0.5, 0.6) is 11.5 Å². The van der Waals surface area contributed by atoms with Gasteiger partial charge in [0.2, 0.25) is 6.79 Å². The number of ether oxygens (including phenoxy) is 2. The molecular weight excluding hydrogens is 371 g/mol. The van der Waals surface area contributed by atoms with Crippen LogP contribution in [0.15, 0.2) is 47.5 Å². The van der Waals surface area contributed by atoms with Crippen LogP contribution < -0.4 is 9.47 Å². The topological polar surface area (TPSA) is 35.8 Å². The van der Waals surface area contributed by atoms with Crippen LogP contribution in [-0.2, 0) is 0 Å². The fraction of sp³-hybridized carbons (Fsp3) is 0.150. The molecule has 4 nitrogen and oxygen atoms in total. The first-order valence-corrected chi connectivity index (χ1v) is 8.86. The van der Waals surface area contributed by atoms with Crippen molar-refractivity contribution >= 4 is 35.1 Å². The molecule has 132 valence electrons. The fourth-order valence-corrected chi connectivity index (χ4v) is 3.55. The first-order chi connectivity index (χ1) is 12.5. The average molecular weight is 387 g/mol. The molecule has 3 aromatic rings. The summed E-state index contributed by atoms with van der Waals surface area (Å²) in [5.74, 6) is 1.47. The maximum Gasteiger partial charge on any atom is 0.231 e. The van der Waals surface area contributed by atoms with Crippen LogP contribution in [0.3, 0.4) is 0 Å². The molecule has 0 bridgehead atoms. The van der Waals surface area contributed by atoms with E-state index in [1.54, 1.807) is 6.07 Å². The predicted octanol–water partition coefficient (Wildman–Crippen LogP) is 5.88. The first kappa shape index (κ1) is 17.0. The maximum absolute atomic E-state index is 6.38. The molecule has 1 aromatic heterocycles. The molecule has 0 atom stereocenters. The molecule has 0 radical (unpaired) electrons. The van der Waals surface area contributed by atoms with Crippen molar-refractivity contribution in [1.29, 1.82) is 0 Å². The summed E-state index contributed by atoms with van der Waals surface area (Å²) in [6.45, 7) is 4.33. The largest absolute Gasteiger partial charge is 0.454 e. The summed E-state index contributed by atoms with van der Waals surface area (Å²) >= 11 is 12.4. The maximum atomic E-state index is 6.38. The number of aliphatic imine (C=N–C) groups is 1. The Kier molecular flexibility index (Phi) is 4.39. The van der Waals surface area contributed by atoms with Crippen molar-refractivity contribution in [2.75, 3.05) is 6.79 Å². The normalized spacial score (nSPS) is 12.9. The Balaban J connectivity index is 1.68. The lowest BCUT2D eigenvalue weighted by Gasteiger charge is -2.11. The number of nitrogens with zero attached hydrogens (tertiary/aromatic N) is 2. The van der Waals surface area contributed by atoms with Gasteiger partial charge >= 0.3 is 0 Å². The average Bonchev–Trinajstić information content (AvgIpc) is 3.18. The zero-order valence-electron chi connectivity index (χ0n) is 14.3. The molecule has 0 unspecified atom stereocenters. The van der Waals surface area contributed by atoms with E-state index in [2.05, 4.69) is 15.6 Å². The molecule has 0 saturated heterocycles. The molecule has 4 rings (SSSR count). The minimum atomic E-state index is 0.255. The zero-order valence-corrected chi connectivity index (χ0v) is 15.8. The Bertz CT molecular complexity index is 1020. The van der Waals surface area contributed by atoms with Gasteiger partial charge in [0.15, 0.2) is 11.5 Å². The van der Waals surface area contributed by atoms with Crippen molar-refractivity contribution in [3.63, 3.8) is 0 Å². The van der Waals surface area contributed by atoms with Crippen LogP contribution in [0.4, 0.5) is 5.69 Å². The second-order valence-electron chi connectivity index (χ2n) is 6.05. The lowest BCUT2D eigenvalue weighted by atomic mass is 10.2. The molecule has 26 heavy (non-hydrogen) atoms. The summed E-state index contributed by atoms with van der Waals surface area (Å²) in [6, 6.07) is 13.2. The van der Waals surface area contributed by atoms with Crippen LogP contribution in [0.25, 0.3) is 5.69 Å². The lowest BCUT2D eigenvalue weighted by Crippen LogP contribution is -2.00. The molecule has 0 N–H and O–H groups in total. The zero-order chi connectivity index (χ0) is 18.3. The van der Waals surface area contributed by atoms with Crippen molar-refractivity contribution in [3.8, 4) is 17.2 Å². The molecule has 1 aliphatic rings. The van der Waals surface area contributed by atoms with Crippen LogP contribution >= 0.6 is 23.2 Å². The van der Waals surface area contributed by atoms with E-state index in [-0.39, 0.29) is 6.79 Å². The van der Waals surface area contributed by atoms with E-state index < -0.39 is 0 Å². The summed E-state index contributed by atoms with van der Waals surface area (Å²) < 4.78 is 12.8. The standard InChI is InChI=1S/C20H16Cl2N2O2/c1-12-7-14(10-23-16-4-6-19-20(9-16)26-11-25-19)13(2)24(12)18-5-3-15(21)8-17(18)22/h3-10H,11H2,1-2H3. The van der Waals surface area contributed by atoms with Crippen LogP contribution in [0, 0.1) is 13.8 Å². The summed E-state index contributed by atoms with van der Waals surface area (Å²) in [6.07, 6.45) is 1.85. The van der Waals surface area contributed by atoms with Crippen molar-refractivity contribution < 1.29 is 9.47 Å². The van der Waals surface area contributed by atoms with Gasteiger partial charge in [0.05, 0.1) is 16.4 Å². The third kappa shape index (κ3) is 3.06. The van der Waals surface area contributed by atoms with Crippen molar-refractivity contribution in [1.82, 2.24) is 4.57 Å². The van der Waals surface area contributed by atoms with Gasteiger partial charge < -0.3 is 14.0 Å². The van der Waals surface area contributed by atoms with Gasteiger partial charge in [-0.05, 0) is 50.2 Å². The van der Waals surface area contributed by atoms with Crippen LogP contribution in [-0.4, -0.2) is 17.6 Å². The van der Waals surface area contributed by atoms with Gasteiger partial charge in [-0.25, -0.2) is 0 Å². The van der Waals surface area contributed by atoms with Crippen LogP contribution in [0.2, 0.25) is 10.0 Å². The third-order valence-corrected chi connectivity index (χ3v) is 4.87. The number of rotatable bonds is 3. The minimum absolute atomic E-state index is 0.255. The van der Waals surface area contributed by atoms with E-state index in [1.807, 2.05) is 50.4 Å². The Morgan fingerprint density at radius 1 is 1.00 bits per heavy atom. The molecule has 2 aromatic carbocycles. The second kappa shape index (κ2) is 6.71. The molecule has 6 heteroatoms. The van der Waals surface area contributed by atoms with E-state index in [1.165, 1.54) is 0 Å². The number of hydrogen-bond acceptors (Lipinski definition) is 3. The quantitative estimate of drug-likeness (QED) is 0.526. The van der Waals surface area contributed by atoms with E-state index in [0.717, 1.165) is 39.8 Å². The lowest BCUT2D eigenvalue weighted by molar-refractivity contribution is 0.174. The van der Waals surface area contributed by atoms with Gasteiger partial charge in [-0.15, -0.1) is 0 Å². The number of aromatic nitrogens is 1. The van der Waals surface area contributed by atoms with Gasteiger partial charge in [-0.1, -0.05) is 23.2 Å². The number of benzene rings is 2. The molecule has 0 fully saturated rings. The molecular formula is C20H16Cl2N2O2. The van der Waals surface area contributed by atoms with E-state index in [4.69, 9.17) is 32.7 Å². The van der Waals surface area contributed by atoms with Gasteiger partial charge in [-0.3, -0.25) is 4.99 Å². The SMILES string of the molecule is Cc1cc(C=Nc2ccc3c(c2)OCO3)c(C)n1-c1ccc(Cl)cc1Cl. The molecule has 2 heterocycles. The number of hydrogen-bond donors (Lipinski definition) is 0. The highest BCUT2D eigenvalue weighted by molar-refractivity contribution is 6.35. The van der Waals surface area contributed by atoms with Gasteiger partial charge in [0, 0.05) is 34.3 Å². The van der Waals surface area contributed by atoms with Gasteiger partial charge in [0.1, 0.15) is 0 Å². The number of fused-ring (bicyclic) bond motifs is 1. The molecule has 1 aliphatic heterocycles. The number of aryl methyl sites for hydroxylation is 1. The molecule has 0 amide bonds. The first-order valence-electron chi connectivity index (χ1n) is 8.11. The smallest absolute Gasteiger partial charge is 0.231 e. The van der Waals surface area contributed by atoms with E-state index >= 15 is 0 Å². The minimum Gasteiger partial charge on any atom is -0.454 e. The predicted molar refractivity (Wildman–Crippen MR) is 105 cm³/mol. The van der Waals surface area contributed by atoms with Crippen molar-refractivity contribution in [2.24, 2.45) is 4.99 Å². The Morgan fingerprint density at radius 3 is 2.62 bits per heavy atom. The summed E-state index contributed by atoms with van der Waals surface area (Å²) in [7, 11) is 0. The molecule has 0 spiro atoms. The van der Waals surface area contributed by atoms with E-state index in [9.17, 15) is 0 Å². The summed E-state index contributed by atoms with van der Waals surface area (Å²) in [5.41, 5.74) is 4.85. The Hall–Kier alpha value is -2.43. The molecule has 0 aliphatic carbocycles. The van der Waals surface area contributed by atoms with Gasteiger partial charge in [0.25, 0.3) is 0 Å². The number of halogens is 2. The second-order valence-corrected chi connectivity index (χ2v) is 6.90. The Morgan fingerprint density at radius 2 is 1.81 bits per heavy atom. The summed E-state index contributed by atoms with van der Waals surface area (Å²) in [5, 5.41) is 1.23. The molecule has 0 saturated carbocycles. The van der Waals surface area contributed by atoms with Crippen LogP contribution in [0.1, 0.15) is 17.0 Å². The highest BCUT2D eigenvalue weighted by Gasteiger charge is 2.14. The fourth-order valence-electron chi connectivity index (χ4n) is 3.06. The third-order valence-electron chi connectivity index (χ3n) is 4.33. The Labute approximate surface area is 161 Å². The highest BCUT2D eigenvalue weighted by Crippen LogP contribution is 2.35. The van der Waals surface area contributed by atoms with Crippen molar-refractivity contribution in [3.05, 3.63) is 69.5 Å².